The SMILES string of the molecule is CCNC(=O)C1COCCN1C(N)=O. The van der Waals surface area contributed by atoms with Crippen LogP contribution in [0.1, 0.15) is 6.92 Å². The fourth-order valence-electron chi connectivity index (χ4n) is 1.38. The first-order valence-electron chi connectivity index (χ1n) is 4.58. The number of hydrogen-bond acceptors (Lipinski definition) is 3. The van der Waals surface area contributed by atoms with Crippen molar-refractivity contribution in [1.29, 1.82) is 0 Å². The molecule has 0 aromatic carbocycles. The summed E-state index contributed by atoms with van der Waals surface area (Å²) in [4.78, 5) is 23.8. The molecule has 1 atom stereocenters. The van der Waals surface area contributed by atoms with Gasteiger partial charge in [-0.25, -0.2) is 4.79 Å². The lowest BCUT2D eigenvalue weighted by Gasteiger charge is -2.32. The summed E-state index contributed by atoms with van der Waals surface area (Å²) in [5.41, 5.74) is 5.14. The predicted octanol–water partition coefficient (Wildman–Crippen LogP) is -1.10. The van der Waals surface area contributed by atoms with Crippen molar-refractivity contribution in [2.75, 3.05) is 26.3 Å². The molecule has 1 fully saturated rings. The van der Waals surface area contributed by atoms with Crippen LogP contribution in [-0.2, 0) is 9.53 Å². The van der Waals surface area contributed by atoms with E-state index in [4.69, 9.17) is 10.5 Å². The number of primary amides is 1. The first-order valence-corrected chi connectivity index (χ1v) is 4.58. The van der Waals surface area contributed by atoms with Crippen LogP contribution >= 0.6 is 0 Å². The number of hydrogen-bond donors (Lipinski definition) is 2. The minimum Gasteiger partial charge on any atom is -0.377 e. The Labute approximate surface area is 82.4 Å². The number of ether oxygens (including phenoxy) is 1. The lowest BCUT2D eigenvalue weighted by molar-refractivity contribution is -0.130. The quantitative estimate of drug-likeness (QED) is 0.595. The van der Waals surface area contributed by atoms with E-state index in [9.17, 15) is 9.59 Å². The standard InChI is InChI=1S/C8H15N3O3/c1-2-10-7(12)6-5-14-4-3-11(6)8(9)13/h6H,2-5H2,1H3,(H2,9,13)(H,10,12). The van der Waals surface area contributed by atoms with E-state index >= 15 is 0 Å². The van der Waals surface area contributed by atoms with Gasteiger partial charge in [0, 0.05) is 13.1 Å². The minimum absolute atomic E-state index is 0.217. The minimum atomic E-state index is -0.582. The monoisotopic (exact) mass is 201 g/mol. The van der Waals surface area contributed by atoms with Crippen LogP contribution in [0.5, 0.6) is 0 Å². The second-order valence-corrected chi connectivity index (χ2v) is 3.02. The Hall–Kier alpha value is -1.30. The van der Waals surface area contributed by atoms with E-state index in [2.05, 4.69) is 5.32 Å². The summed E-state index contributed by atoms with van der Waals surface area (Å²) in [6, 6.07) is -1.16. The van der Waals surface area contributed by atoms with Gasteiger partial charge in [0.1, 0.15) is 6.04 Å². The van der Waals surface area contributed by atoms with Crippen molar-refractivity contribution >= 4 is 11.9 Å². The summed E-state index contributed by atoms with van der Waals surface area (Å²) in [5, 5.41) is 2.63. The second-order valence-electron chi connectivity index (χ2n) is 3.02. The molecule has 80 valence electrons. The number of carbonyl (C=O) groups excluding carboxylic acids is 2. The molecular weight excluding hydrogens is 186 g/mol. The molecule has 1 saturated heterocycles. The molecule has 1 aliphatic rings. The summed E-state index contributed by atoms with van der Waals surface area (Å²) in [6.45, 7) is 3.36. The number of nitrogens with one attached hydrogen (secondary N) is 1. The molecule has 3 amide bonds. The van der Waals surface area contributed by atoms with Gasteiger partial charge in [0.15, 0.2) is 0 Å². The third-order valence-electron chi connectivity index (χ3n) is 2.07. The fourth-order valence-corrected chi connectivity index (χ4v) is 1.38. The van der Waals surface area contributed by atoms with Gasteiger partial charge in [-0.05, 0) is 6.92 Å². The van der Waals surface area contributed by atoms with Crippen molar-refractivity contribution in [3.63, 3.8) is 0 Å². The Morgan fingerprint density at radius 3 is 2.93 bits per heavy atom. The number of rotatable bonds is 2. The van der Waals surface area contributed by atoms with Crippen LogP contribution in [0.3, 0.4) is 0 Å². The van der Waals surface area contributed by atoms with Crippen molar-refractivity contribution in [3.05, 3.63) is 0 Å². The number of urea groups is 1. The van der Waals surface area contributed by atoms with Crippen LogP contribution in [0.25, 0.3) is 0 Å². The number of amides is 3. The molecule has 0 aromatic rings. The van der Waals surface area contributed by atoms with Gasteiger partial charge in [-0.2, -0.15) is 0 Å². The zero-order valence-corrected chi connectivity index (χ0v) is 8.16. The maximum Gasteiger partial charge on any atom is 0.315 e. The van der Waals surface area contributed by atoms with Gasteiger partial charge in [0.25, 0.3) is 0 Å². The molecule has 0 radical (unpaired) electrons. The highest BCUT2D eigenvalue weighted by molar-refractivity contribution is 5.86. The molecule has 14 heavy (non-hydrogen) atoms. The molecule has 0 bridgehead atoms. The Balaban J connectivity index is 2.62. The maximum atomic E-state index is 11.5. The molecular formula is C8H15N3O3. The summed E-state index contributed by atoms with van der Waals surface area (Å²) in [6.07, 6.45) is 0. The first kappa shape index (κ1) is 10.8. The topological polar surface area (TPSA) is 84.7 Å². The highest BCUT2D eigenvalue weighted by Gasteiger charge is 2.31. The predicted molar refractivity (Wildman–Crippen MR) is 49.6 cm³/mol. The lowest BCUT2D eigenvalue weighted by Crippen LogP contribution is -2.57. The Kier molecular flexibility index (Phi) is 3.70. The average molecular weight is 201 g/mol. The molecule has 6 heteroatoms. The van der Waals surface area contributed by atoms with E-state index < -0.39 is 12.1 Å². The maximum absolute atomic E-state index is 11.5. The Bertz CT molecular complexity index is 232. The van der Waals surface area contributed by atoms with Crippen LogP contribution in [0, 0.1) is 0 Å². The number of nitrogens with zero attached hydrogens (tertiary/aromatic N) is 1. The van der Waals surface area contributed by atoms with Crippen LogP contribution < -0.4 is 11.1 Å². The van der Waals surface area contributed by atoms with Gasteiger partial charge < -0.3 is 20.7 Å². The van der Waals surface area contributed by atoms with Gasteiger partial charge >= 0.3 is 6.03 Å². The third-order valence-corrected chi connectivity index (χ3v) is 2.07. The van der Waals surface area contributed by atoms with Gasteiger partial charge in [0.05, 0.1) is 13.2 Å². The molecule has 0 aliphatic carbocycles. The number of carbonyl (C=O) groups is 2. The summed E-state index contributed by atoms with van der Waals surface area (Å²) in [5.74, 6) is -0.217. The molecule has 1 heterocycles. The number of morpholine rings is 1. The average Bonchev–Trinajstić information content (AvgIpc) is 2.18. The summed E-state index contributed by atoms with van der Waals surface area (Å²) >= 11 is 0. The Morgan fingerprint density at radius 1 is 1.64 bits per heavy atom. The molecule has 0 spiro atoms. The smallest absolute Gasteiger partial charge is 0.315 e. The molecule has 1 aliphatic heterocycles. The van der Waals surface area contributed by atoms with Crippen molar-refractivity contribution in [3.8, 4) is 0 Å². The summed E-state index contributed by atoms with van der Waals surface area (Å²) < 4.78 is 5.12. The van der Waals surface area contributed by atoms with Crippen LogP contribution in [0.15, 0.2) is 0 Å². The van der Waals surface area contributed by atoms with E-state index in [1.807, 2.05) is 6.92 Å². The normalized spacial score (nSPS) is 21.8. The first-order chi connectivity index (χ1) is 6.66. The van der Waals surface area contributed by atoms with E-state index in [-0.39, 0.29) is 12.5 Å². The van der Waals surface area contributed by atoms with Crippen LogP contribution in [0.4, 0.5) is 4.79 Å². The molecule has 3 N–H and O–H groups in total. The lowest BCUT2D eigenvalue weighted by atomic mass is 10.2. The van der Waals surface area contributed by atoms with Crippen LogP contribution in [0.2, 0.25) is 0 Å². The van der Waals surface area contributed by atoms with E-state index in [0.717, 1.165) is 0 Å². The molecule has 1 rings (SSSR count). The second kappa shape index (κ2) is 4.80. The highest BCUT2D eigenvalue weighted by Crippen LogP contribution is 2.06. The van der Waals surface area contributed by atoms with E-state index in [0.29, 0.717) is 19.7 Å². The highest BCUT2D eigenvalue weighted by atomic mass is 16.5. The van der Waals surface area contributed by atoms with Gasteiger partial charge in [-0.1, -0.05) is 0 Å². The molecule has 1 unspecified atom stereocenters. The van der Waals surface area contributed by atoms with E-state index in [1.165, 1.54) is 4.90 Å². The van der Waals surface area contributed by atoms with Crippen LogP contribution in [-0.4, -0.2) is 49.2 Å². The van der Waals surface area contributed by atoms with E-state index in [1.54, 1.807) is 0 Å². The number of likely N-dealkylation sites (N-methyl/N-ethyl adjacent to an activating group) is 1. The van der Waals surface area contributed by atoms with Gasteiger partial charge in [-0.3, -0.25) is 4.79 Å². The van der Waals surface area contributed by atoms with Gasteiger partial charge in [0.2, 0.25) is 5.91 Å². The zero-order chi connectivity index (χ0) is 10.6. The molecule has 0 saturated carbocycles. The molecule has 0 aromatic heterocycles. The van der Waals surface area contributed by atoms with Crippen molar-refractivity contribution < 1.29 is 14.3 Å². The summed E-state index contributed by atoms with van der Waals surface area (Å²) in [7, 11) is 0. The zero-order valence-electron chi connectivity index (χ0n) is 8.16. The number of nitrogens with two attached hydrogens (primary N) is 1. The fraction of sp³-hybridized carbons (Fsp3) is 0.750. The third kappa shape index (κ3) is 2.35. The molecule has 6 nitrogen and oxygen atoms in total. The van der Waals surface area contributed by atoms with Crippen molar-refractivity contribution in [2.45, 2.75) is 13.0 Å². The van der Waals surface area contributed by atoms with Gasteiger partial charge in [-0.15, -0.1) is 0 Å². The largest absolute Gasteiger partial charge is 0.377 e. The van der Waals surface area contributed by atoms with Crippen molar-refractivity contribution in [2.24, 2.45) is 5.73 Å². The Morgan fingerprint density at radius 2 is 2.36 bits per heavy atom. The van der Waals surface area contributed by atoms with Crippen molar-refractivity contribution in [1.82, 2.24) is 10.2 Å².